The number of nitrogens with zero attached hydrogens (tertiary/aromatic N) is 1. The quantitative estimate of drug-likeness (QED) is 0.859. The molecular formula is C19H24N2O3S. The van der Waals surface area contributed by atoms with Gasteiger partial charge in [0.05, 0.1) is 11.5 Å². The first-order chi connectivity index (χ1) is 12.0. The molecule has 2 aromatic carbocycles. The maximum absolute atomic E-state index is 12.9. The van der Waals surface area contributed by atoms with Crippen molar-refractivity contribution >= 4 is 10.0 Å². The van der Waals surface area contributed by atoms with Crippen LogP contribution in [0.3, 0.4) is 0 Å². The highest BCUT2D eigenvalue weighted by Gasteiger charge is 2.38. The molecule has 2 N–H and O–H groups in total. The topological polar surface area (TPSA) is 72.6 Å². The van der Waals surface area contributed by atoms with Crippen molar-refractivity contribution in [1.82, 2.24) is 4.31 Å². The van der Waals surface area contributed by atoms with Gasteiger partial charge in [0, 0.05) is 25.0 Å². The fourth-order valence-corrected chi connectivity index (χ4v) is 4.62. The molecule has 2 aromatic rings. The Balaban J connectivity index is 1.76. The molecule has 134 valence electrons. The van der Waals surface area contributed by atoms with E-state index in [0.717, 1.165) is 12.0 Å². The van der Waals surface area contributed by atoms with Gasteiger partial charge < -0.3 is 10.5 Å². The molecule has 1 aliphatic heterocycles. The number of benzene rings is 2. The van der Waals surface area contributed by atoms with E-state index in [4.69, 9.17) is 10.5 Å². The molecule has 0 aliphatic carbocycles. The van der Waals surface area contributed by atoms with Crippen LogP contribution in [0.25, 0.3) is 0 Å². The van der Waals surface area contributed by atoms with Crippen LogP contribution in [0, 0.1) is 0 Å². The van der Waals surface area contributed by atoms with Gasteiger partial charge in [-0.3, -0.25) is 0 Å². The first-order valence-electron chi connectivity index (χ1n) is 8.56. The monoisotopic (exact) mass is 360 g/mol. The Hall–Kier alpha value is -1.89. The van der Waals surface area contributed by atoms with Crippen LogP contribution in [-0.2, 0) is 10.0 Å². The molecule has 0 spiro atoms. The van der Waals surface area contributed by atoms with Gasteiger partial charge in [0.15, 0.2) is 0 Å². The van der Waals surface area contributed by atoms with E-state index in [1.807, 2.05) is 37.3 Å². The van der Waals surface area contributed by atoms with Crippen molar-refractivity contribution in [3.8, 4) is 5.75 Å². The molecule has 1 heterocycles. The fraction of sp³-hybridized carbons (Fsp3) is 0.368. The highest BCUT2D eigenvalue weighted by atomic mass is 32.2. The Labute approximate surface area is 149 Å². The third-order valence-electron chi connectivity index (χ3n) is 4.49. The number of hydrogen-bond acceptors (Lipinski definition) is 4. The van der Waals surface area contributed by atoms with Crippen LogP contribution in [0.15, 0.2) is 59.5 Å². The van der Waals surface area contributed by atoms with Gasteiger partial charge in [0.1, 0.15) is 5.75 Å². The predicted molar refractivity (Wildman–Crippen MR) is 98.1 cm³/mol. The van der Waals surface area contributed by atoms with E-state index < -0.39 is 10.0 Å². The average Bonchev–Trinajstić information content (AvgIpc) is 3.03. The van der Waals surface area contributed by atoms with Crippen molar-refractivity contribution in [1.29, 1.82) is 0 Å². The molecule has 1 fully saturated rings. The summed E-state index contributed by atoms with van der Waals surface area (Å²) in [6.07, 6.45) is 0.909. The predicted octanol–water partition coefficient (Wildman–Crippen LogP) is 2.59. The summed E-state index contributed by atoms with van der Waals surface area (Å²) in [7, 11) is -3.55. The van der Waals surface area contributed by atoms with Crippen LogP contribution in [0.4, 0.5) is 0 Å². The largest absolute Gasteiger partial charge is 0.494 e. The van der Waals surface area contributed by atoms with E-state index in [9.17, 15) is 8.42 Å². The average molecular weight is 360 g/mol. The van der Waals surface area contributed by atoms with Gasteiger partial charge in [0.25, 0.3) is 0 Å². The molecule has 0 saturated carbocycles. The summed E-state index contributed by atoms with van der Waals surface area (Å²) in [5.41, 5.74) is 7.31. The van der Waals surface area contributed by atoms with E-state index in [2.05, 4.69) is 0 Å². The molecule has 0 aromatic heterocycles. The maximum Gasteiger partial charge on any atom is 0.243 e. The normalized spacial score (nSPS) is 21.4. The van der Waals surface area contributed by atoms with Crippen molar-refractivity contribution in [2.24, 2.45) is 5.73 Å². The molecule has 3 rings (SSSR count). The lowest BCUT2D eigenvalue weighted by atomic mass is 9.95. The number of rotatable bonds is 6. The summed E-state index contributed by atoms with van der Waals surface area (Å²) in [5, 5.41) is 0. The minimum atomic E-state index is -3.55. The molecule has 2 atom stereocenters. The third-order valence-corrected chi connectivity index (χ3v) is 6.34. The fourth-order valence-electron chi connectivity index (χ4n) is 3.12. The molecule has 0 amide bonds. The molecular weight excluding hydrogens is 336 g/mol. The number of hydrogen-bond donors (Lipinski definition) is 1. The van der Waals surface area contributed by atoms with Crippen LogP contribution in [-0.4, -0.2) is 38.5 Å². The van der Waals surface area contributed by atoms with E-state index in [1.54, 1.807) is 24.3 Å². The first-order valence-corrected chi connectivity index (χ1v) is 10.00. The minimum Gasteiger partial charge on any atom is -0.494 e. The lowest BCUT2D eigenvalue weighted by Gasteiger charge is -2.17. The van der Waals surface area contributed by atoms with Crippen molar-refractivity contribution in [2.45, 2.75) is 30.2 Å². The van der Waals surface area contributed by atoms with Crippen molar-refractivity contribution in [3.05, 3.63) is 60.2 Å². The molecule has 1 saturated heterocycles. The number of nitrogens with two attached hydrogens (primary N) is 1. The van der Waals surface area contributed by atoms with Crippen LogP contribution < -0.4 is 10.5 Å². The molecule has 0 bridgehead atoms. The van der Waals surface area contributed by atoms with Crippen LogP contribution in [0.1, 0.15) is 24.8 Å². The van der Waals surface area contributed by atoms with Crippen molar-refractivity contribution < 1.29 is 13.2 Å². The van der Waals surface area contributed by atoms with Gasteiger partial charge in [-0.15, -0.1) is 0 Å². The lowest BCUT2D eigenvalue weighted by Crippen LogP contribution is -2.32. The Bertz CT molecular complexity index is 791. The van der Waals surface area contributed by atoms with Gasteiger partial charge >= 0.3 is 0 Å². The van der Waals surface area contributed by atoms with Crippen molar-refractivity contribution in [2.75, 3.05) is 19.7 Å². The molecule has 1 aliphatic rings. The Morgan fingerprint density at radius 1 is 1.08 bits per heavy atom. The summed E-state index contributed by atoms with van der Waals surface area (Å²) in [5.74, 6) is 0.698. The van der Waals surface area contributed by atoms with E-state index in [1.165, 1.54) is 4.31 Å². The zero-order chi connectivity index (χ0) is 17.9. The van der Waals surface area contributed by atoms with E-state index >= 15 is 0 Å². The molecule has 6 heteroatoms. The summed E-state index contributed by atoms with van der Waals surface area (Å²) >= 11 is 0. The second-order valence-electron chi connectivity index (χ2n) is 6.32. The summed E-state index contributed by atoms with van der Waals surface area (Å²) < 4.78 is 32.8. The highest BCUT2D eigenvalue weighted by molar-refractivity contribution is 7.89. The lowest BCUT2D eigenvalue weighted by molar-refractivity contribution is 0.317. The highest BCUT2D eigenvalue weighted by Crippen LogP contribution is 2.30. The second kappa shape index (κ2) is 7.56. The SMILES string of the molecule is CCCOc1ccc(S(=O)(=O)N2C[C@@H](N)[C@H](c3ccccc3)C2)cc1. The van der Waals surface area contributed by atoms with E-state index in [0.29, 0.717) is 25.4 Å². The Morgan fingerprint density at radius 2 is 1.76 bits per heavy atom. The zero-order valence-corrected chi connectivity index (χ0v) is 15.2. The molecule has 25 heavy (non-hydrogen) atoms. The summed E-state index contributed by atoms with van der Waals surface area (Å²) in [6.45, 7) is 3.38. The standard InChI is InChI=1S/C19H24N2O3S/c1-2-12-24-16-8-10-17(11-9-16)25(22,23)21-13-18(19(20)14-21)15-6-4-3-5-7-15/h3-11,18-19H,2,12-14,20H2,1H3/t18-,19+/m0/s1. The maximum atomic E-state index is 12.9. The Morgan fingerprint density at radius 3 is 2.40 bits per heavy atom. The van der Waals surface area contributed by atoms with Crippen LogP contribution in [0.5, 0.6) is 5.75 Å². The first kappa shape index (κ1) is 17.9. The van der Waals surface area contributed by atoms with Crippen LogP contribution >= 0.6 is 0 Å². The second-order valence-corrected chi connectivity index (χ2v) is 8.26. The zero-order valence-electron chi connectivity index (χ0n) is 14.3. The summed E-state index contributed by atoms with van der Waals surface area (Å²) in [4.78, 5) is 0.275. The number of ether oxygens (including phenoxy) is 1. The Kier molecular flexibility index (Phi) is 5.42. The summed E-state index contributed by atoms with van der Waals surface area (Å²) in [6, 6.07) is 16.2. The molecule has 0 unspecified atom stereocenters. The van der Waals surface area contributed by atoms with E-state index in [-0.39, 0.29) is 16.9 Å². The minimum absolute atomic E-state index is 0.0168. The van der Waals surface area contributed by atoms with Gasteiger partial charge in [-0.05, 0) is 36.2 Å². The van der Waals surface area contributed by atoms with Gasteiger partial charge in [-0.1, -0.05) is 37.3 Å². The smallest absolute Gasteiger partial charge is 0.243 e. The van der Waals surface area contributed by atoms with Gasteiger partial charge in [-0.25, -0.2) is 8.42 Å². The van der Waals surface area contributed by atoms with Gasteiger partial charge in [-0.2, -0.15) is 4.31 Å². The van der Waals surface area contributed by atoms with Gasteiger partial charge in [0.2, 0.25) is 10.0 Å². The van der Waals surface area contributed by atoms with Crippen LogP contribution in [0.2, 0.25) is 0 Å². The molecule has 0 radical (unpaired) electrons. The van der Waals surface area contributed by atoms with Crippen molar-refractivity contribution in [3.63, 3.8) is 0 Å². The molecule has 5 nitrogen and oxygen atoms in total. The third kappa shape index (κ3) is 3.86. The number of sulfonamides is 1.